The van der Waals surface area contributed by atoms with E-state index in [1.165, 1.54) is 0 Å². The third-order valence-corrected chi connectivity index (χ3v) is 6.23. The van der Waals surface area contributed by atoms with E-state index in [1.807, 2.05) is 32.6 Å². The van der Waals surface area contributed by atoms with Gasteiger partial charge in [-0.25, -0.2) is 0 Å². The summed E-state index contributed by atoms with van der Waals surface area (Å²) in [6.45, 7) is 17.7. The van der Waals surface area contributed by atoms with Crippen LogP contribution in [0.25, 0.3) is 0 Å². The minimum atomic E-state index is -3.96. The van der Waals surface area contributed by atoms with Crippen LogP contribution in [0.4, 0.5) is 13.2 Å². The second-order valence-corrected chi connectivity index (χ2v) is 10.5. The maximum absolute atomic E-state index is 12.3. The van der Waals surface area contributed by atoms with E-state index >= 15 is 0 Å². The lowest BCUT2D eigenvalue weighted by molar-refractivity contribution is -0.130. The molecule has 1 aromatic rings. The van der Waals surface area contributed by atoms with Crippen molar-refractivity contribution in [3.8, 4) is 0 Å². The zero-order valence-corrected chi connectivity index (χ0v) is 23.9. The quantitative estimate of drug-likeness (QED) is 0.462. The fourth-order valence-electron chi connectivity index (χ4n) is 3.88. The summed E-state index contributed by atoms with van der Waals surface area (Å²) in [4.78, 5) is 30.9. The highest BCUT2D eigenvalue weighted by Gasteiger charge is 2.28. The molecule has 214 valence electrons. The average Bonchev–Trinajstić information content (AvgIpc) is 2.83. The molecule has 1 amide bonds. The molecule has 0 aliphatic carbocycles. The summed E-state index contributed by atoms with van der Waals surface area (Å²) in [5, 5.41) is 7.23. The van der Waals surface area contributed by atoms with Crippen molar-refractivity contribution in [3.63, 3.8) is 0 Å². The number of carbonyl (C=O) groups is 3. The number of hydrogen-bond donors (Lipinski definition) is 2. The molecule has 6 nitrogen and oxygen atoms in total. The Labute approximate surface area is 225 Å². The number of hydrogen-bond acceptors (Lipinski definition) is 5. The molecule has 0 aromatic heterocycles. The molecule has 1 saturated heterocycles. The minimum absolute atomic E-state index is 0.147. The van der Waals surface area contributed by atoms with E-state index in [4.69, 9.17) is 21.2 Å². The summed E-state index contributed by atoms with van der Waals surface area (Å²) >= 11 is 6.09. The van der Waals surface area contributed by atoms with Crippen molar-refractivity contribution in [3.05, 3.63) is 34.3 Å². The number of likely N-dealkylation sites (N-methyl/N-ethyl adjacent to an activating group) is 1. The second-order valence-electron chi connectivity index (χ2n) is 10.0. The zero-order valence-electron chi connectivity index (χ0n) is 23.1. The summed E-state index contributed by atoms with van der Waals surface area (Å²) in [5.74, 6) is 0.638. The Morgan fingerprint density at radius 1 is 1.11 bits per heavy atom. The molecule has 1 aliphatic rings. The largest absolute Gasteiger partial charge is 0.388 e. The lowest BCUT2D eigenvalue weighted by Gasteiger charge is -2.38. The number of rotatable bonds is 7. The number of piperidine rings is 1. The Kier molecular flexibility index (Phi) is 19.2. The van der Waals surface area contributed by atoms with Gasteiger partial charge in [-0.3, -0.25) is 4.79 Å². The van der Waals surface area contributed by atoms with Crippen LogP contribution in [-0.2, 0) is 20.9 Å². The third kappa shape index (κ3) is 18.0. The van der Waals surface area contributed by atoms with E-state index < -0.39 is 12.6 Å². The van der Waals surface area contributed by atoms with Crippen LogP contribution in [0.5, 0.6) is 0 Å². The van der Waals surface area contributed by atoms with Gasteiger partial charge in [0.25, 0.3) is 0 Å². The van der Waals surface area contributed by atoms with Gasteiger partial charge in [0.1, 0.15) is 13.6 Å². The van der Waals surface area contributed by atoms with Crippen molar-refractivity contribution in [1.82, 2.24) is 15.5 Å². The molecule has 1 aromatic carbocycles. The Balaban J connectivity index is 0. The molecule has 10 heteroatoms. The van der Waals surface area contributed by atoms with Gasteiger partial charge in [0, 0.05) is 37.0 Å². The monoisotopic (exact) mass is 551 g/mol. The van der Waals surface area contributed by atoms with Crippen LogP contribution >= 0.6 is 11.6 Å². The molecule has 1 unspecified atom stereocenters. The topological polar surface area (TPSA) is 78.5 Å². The number of amides is 1. The summed E-state index contributed by atoms with van der Waals surface area (Å²) < 4.78 is 32.4. The summed E-state index contributed by atoms with van der Waals surface area (Å²) in [6.07, 6.45) is -1.86. The smallest absolute Gasteiger partial charge is 0.352 e. The van der Waals surface area contributed by atoms with Gasteiger partial charge in [-0.1, -0.05) is 45.4 Å². The standard InChI is InChI=1S/C22H36ClN3O.C3H5F3.2CH2O/c1-16-10-18(12-19(23)11-16)14-25-21(27)13-17-6-8-26(9-7-17)15-20(24-5)22(2,3)4;1-2-3(4,5)6;2*1-2/h10-12,17,20,24H,6-9,13-15H2,1-5H3,(H,25,27);2H2,1H3;2*1H2. The van der Waals surface area contributed by atoms with Crippen LogP contribution in [0, 0.1) is 18.3 Å². The van der Waals surface area contributed by atoms with E-state index in [0.29, 0.717) is 24.9 Å². The SMILES string of the molecule is C=O.C=O.CCC(F)(F)F.CNC(CN1CCC(CC(=O)NCc2cc(C)cc(Cl)c2)CC1)C(C)(C)C. The zero-order chi connectivity index (χ0) is 29.2. The summed E-state index contributed by atoms with van der Waals surface area (Å²) in [6, 6.07) is 6.40. The van der Waals surface area contributed by atoms with Gasteiger partial charge in [-0.2, -0.15) is 13.2 Å². The van der Waals surface area contributed by atoms with Crippen molar-refractivity contribution in [1.29, 1.82) is 0 Å². The third-order valence-electron chi connectivity index (χ3n) is 6.01. The number of benzene rings is 1. The molecule has 2 N–H and O–H groups in total. The van der Waals surface area contributed by atoms with Crippen LogP contribution in [0.1, 0.15) is 64.5 Å². The Morgan fingerprint density at radius 2 is 1.62 bits per heavy atom. The molecular formula is C27H45ClF3N3O3. The predicted molar refractivity (Wildman–Crippen MR) is 145 cm³/mol. The van der Waals surface area contributed by atoms with E-state index in [9.17, 15) is 18.0 Å². The molecule has 1 fully saturated rings. The number of likely N-dealkylation sites (tertiary alicyclic amines) is 1. The van der Waals surface area contributed by atoms with E-state index in [-0.39, 0.29) is 11.3 Å². The first-order chi connectivity index (χ1) is 17.2. The highest BCUT2D eigenvalue weighted by molar-refractivity contribution is 6.30. The number of halogens is 4. The van der Waals surface area contributed by atoms with Crippen LogP contribution < -0.4 is 10.6 Å². The van der Waals surface area contributed by atoms with Gasteiger partial charge in [0.2, 0.25) is 5.91 Å². The number of nitrogens with one attached hydrogen (secondary N) is 2. The molecule has 0 bridgehead atoms. The number of carbonyl (C=O) groups excluding carboxylic acids is 3. The van der Waals surface area contributed by atoms with Crippen molar-refractivity contribution in [2.75, 3.05) is 26.7 Å². The maximum atomic E-state index is 12.3. The minimum Gasteiger partial charge on any atom is -0.352 e. The van der Waals surface area contributed by atoms with Gasteiger partial charge in [0.05, 0.1) is 0 Å². The molecule has 2 rings (SSSR count). The van der Waals surface area contributed by atoms with E-state index in [2.05, 4.69) is 49.4 Å². The summed E-state index contributed by atoms with van der Waals surface area (Å²) in [7, 11) is 2.05. The fraction of sp³-hybridized carbons (Fsp3) is 0.667. The molecule has 1 atom stereocenters. The van der Waals surface area contributed by atoms with E-state index in [0.717, 1.165) is 55.5 Å². The second kappa shape index (κ2) is 19.2. The molecule has 37 heavy (non-hydrogen) atoms. The highest BCUT2D eigenvalue weighted by Crippen LogP contribution is 2.24. The first kappa shape index (κ1) is 37.2. The molecule has 1 aliphatic heterocycles. The van der Waals surface area contributed by atoms with Crippen LogP contribution in [-0.4, -0.2) is 63.3 Å². The van der Waals surface area contributed by atoms with Gasteiger partial charge in [0.15, 0.2) is 0 Å². The molecule has 0 spiro atoms. The number of nitrogens with zero attached hydrogens (tertiary/aromatic N) is 1. The molecular weight excluding hydrogens is 507 g/mol. The van der Waals surface area contributed by atoms with Crippen molar-refractivity contribution >= 4 is 31.1 Å². The first-order valence-corrected chi connectivity index (χ1v) is 12.7. The molecule has 0 radical (unpaired) electrons. The van der Waals surface area contributed by atoms with Gasteiger partial charge in [-0.15, -0.1) is 0 Å². The van der Waals surface area contributed by atoms with Crippen molar-refractivity contribution in [2.45, 2.75) is 79.1 Å². The summed E-state index contributed by atoms with van der Waals surface area (Å²) in [5.41, 5.74) is 2.43. The molecule has 1 heterocycles. The van der Waals surface area contributed by atoms with Crippen molar-refractivity contribution < 1.29 is 27.6 Å². The van der Waals surface area contributed by atoms with Gasteiger partial charge >= 0.3 is 6.18 Å². The predicted octanol–water partition coefficient (Wildman–Crippen LogP) is 5.59. The first-order valence-electron chi connectivity index (χ1n) is 12.3. The van der Waals surface area contributed by atoms with Crippen LogP contribution in [0.2, 0.25) is 5.02 Å². The van der Waals surface area contributed by atoms with Crippen molar-refractivity contribution in [2.24, 2.45) is 11.3 Å². The Hall–Kier alpha value is -1.97. The fourth-order valence-corrected chi connectivity index (χ4v) is 4.19. The normalized spacial score (nSPS) is 15.1. The Bertz CT molecular complexity index is 743. The number of aryl methyl sites for hydroxylation is 1. The van der Waals surface area contributed by atoms with E-state index in [1.54, 1.807) is 0 Å². The highest BCUT2D eigenvalue weighted by atomic mass is 35.5. The van der Waals surface area contributed by atoms with Gasteiger partial charge in [-0.05, 0) is 74.5 Å². The lowest BCUT2D eigenvalue weighted by Crippen LogP contribution is -2.49. The lowest BCUT2D eigenvalue weighted by atomic mass is 9.85. The number of alkyl halides is 3. The van der Waals surface area contributed by atoms with Gasteiger partial charge < -0.3 is 25.1 Å². The Morgan fingerprint density at radius 3 is 2.03 bits per heavy atom. The van der Waals surface area contributed by atoms with Crippen LogP contribution in [0.3, 0.4) is 0 Å². The molecule has 0 saturated carbocycles. The van der Waals surface area contributed by atoms with Crippen LogP contribution in [0.15, 0.2) is 18.2 Å². The average molecular weight is 552 g/mol. The maximum Gasteiger partial charge on any atom is 0.388 e.